The third-order valence-corrected chi connectivity index (χ3v) is 6.20. The highest BCUT2D eigenvalue weighted by Crippen LogP contribution is 2.16. The van der Waals surface area contributed by atoms with Crippen molar-refractivity contribution in [1.82, 2.24) is 20.5 Å². The zero-order valence-corrected chi connectivity index (χ0v) is 28.1. The van der Waals surface area contributed by atoms with Gasteiger partial charge in [0, 0.05) is 43.8 Å². The molecule has 1 atom stereocenters. The standard InChI is InChI=1S/C30H50N6.C2H6.CH4S/c1-10-25(8)33-29(12-3)35-28(23(4)5)18-21-36(22-19-32-24(6)7)20-14-13-15-27-17-16-26(11-2)30(31-9)34-27;2*1-2/h10,12,16-17,28,32H,3-4,6,11,13-15,18-22H2,1-2,5,7-9H3,(H,31,34)(H,33,35);1-2H3;2H,1H3/b25-10-;;. The molecule has 0 aliphatic rings. The normalized spacial score (nSPS) is 11.9. The van der Waals surface area contributed by atoms with Crippen molar-refractivity contribution in [2.45, 2.75) is 86.6 Å². The first-order valence-corrected chi connectivity index (χ1v) is 15.6. The van der Waals surface area contributed by atoms with Gasteiger partial charge < -0.3 is 20.9 Å². The number of aryl methyl sites for hydroxylation is 2. The maximum atomic E-state index is 4.91. The van der Waals surface area contributed by atoms with Crippen LogP contribution < -0.4 is 16.0 Å². The first kappa shape index (κ1) is 39.6. The van der Waals surface area contributed by atoms with E-state index in [0.29, 0.717) is 0 Å². The summed E-state index contributed by atoms with van der Waals surface area (Å²) >= 11 is 3.53. The molecule has 1 unspecified atom stereocenters. The van der Waals surface area contributed by atoms with E-state index in [0.717, 1.165) is 92.6 Å². The van der Waals surface area contributed by atoms with Crippen LogP contribution in [0, 0.1) is 0 Å². The summed E-state index contributed by atoms with van der Waals surface area (Å²) in [6.45, 7) is 30.2. The Labute approximate surface area is 253 Å². The second kappa shape index (κ2) is 25.5. The lowest BCUT2D eigenvalue weighted by molar-refractivity contribution is 0.263. The Morgan fingerprint density at radius 1 is 1.10 bits per heavy atom. The second-order valence-electron chi connectivity index (χ2n) is 9.39. The maximum Gasteiger partial charge on any atom is 0.129 e. The summed E-state index contributed by atoms with van der Waals surface area (Å²) in [5.74, 6) is 1.79. The Morgan fingerprint density at radius 2 is 1.77 bits per heavy atom. The summed E-state index contributed by atoms with van der Waals surface area (Å²) < 4.78 is 0. The predicted octanol–water partition coefficient (Wildman–Crippen LogP) is 7.44. The molecule has 0 aromatic carbocycles. The number of thiol groups is 1. The van der Waals surface area contributed by atoms with Gasteiger partial charge in [-0.25, -0.2) is 4.98 Å². The molecule has 228 valence electrons. The highest BCUT2D eigenvalue weighted by atomic mass is 32.1. The largest absolute Gasteiger partial charge is 0.388 e. The number of pyridine rings is 1. The number of allylic oxidation sites excluding steroid dienone is 3. The number of hydrogen-bond donors (Lipinski definition) is 4. The van der Waals surface area contributed by atoms with Crippen LogP contribution in [0.4, 0.5) is 5.82 Å². The second-order valence-corrected chi connectivity index (χ2v) is 9.39. The van der Waals surface area contributed by atoms with E-state index in [2.05, 4.69) is 79.2 Å². The molecule has 1 aromatic heterocycles. The molecule has 0 radical (unpaired) electrons. The Balaban J connectivity index is 0. The van der Waals surface area contributed by atoms with Gasteiger partial charge >= 0.3 is 0 Å². The van der Waals surface area contributed by atoms with Gasteiger partial charge in [-0.3, -0.25) is 4.99 Å². The van der Waals surface area contributed by atoms with Gasteiger partial charge in [0.05, 0.1) is 6.04 Å². The van der Waals surface area contributed by atoms with Gasteiger partial charge in [-0.05, 0) is 90.3 Å². The van der Waals surface area contributed by atoms with Crippen molar-refractivity contribution in [2.24, 2.45) is 4.99 Å². The van der Waals surface area contributed by atoms with Gasteiger partial charge in [0.15, 0.2) is 0 Å². The fourth-order valence-corrected chi connectivity index (χ4v) is 3.88. The summed E-state index contributed by atoms with van der Waals surface area (Å²) in [6, 6.07) is 4.42. The van der Waals surface area contributed by atoms with Crippen molar-refractivity contribution in [1.29, 1.82) is 0 Å². The van der Waals surface area contributed by atoms with E-state index in [4.69, 9.17) is 9.98 Å². The minimum atomic E-state index is 0.0491. The van der Waals surface area contributed by atoms with Crippen molar-refractivity contribution >= 4 is 24.3 Å². The molecule has 1 rings (SSSR count). The molecule has 0 bridgehead atoms. The number of aliphatic imine (C=N–C) groups is 1. The molecular formula is C33H60N6S. The molecule has 0 amide bonds. The number of rotatable bonds is 18. The number of hydrogen-bond acceptors (Lipinski definition) is 6. The van der Waals surface area contributed by atoms with E-state index >= 15 is 0 Å². The van der Waals surface area contributed by atoms with Crippen LogP contribution in [0.15, 0.2) is 66.0 Å². The number of nitrogens with one attached hydrogen (secondary N) is 3. The van der Waals surface area contributed by atoms with Gasteiger partial charge in [-0.2, -0.15) is 12.6 Å². The zero-order chi connectivity index (χ0) is 30.9. The van der Waals surface area contributed by atoms with Crippen molar-refractivity contribution < 1.29 is 0 Å². The topological polar surface area (TPSA) is 64.6 Å². The molecule has 0 aliphatic carbocycles. The third kappa shape index (κ3) is 18.0. The van der Waals surface area contributed by atoms with Crippen LogP contribution in [-0.2, 0) is 12.8 Å². The van der Waals surface area contributed by atoms with E-state index in [1.807, 2.05) is 47.7 Å². The highest BCUT2D eigenvalue weighted by molar-refractivity contribution is 7.79. The van der Waals surface area contributed by atoms with Crippen molar-refractivity contribution in [3.8, 4) is 0 Å². The quantitative estimate of drug-likeness (QED) is 0.0484. The minimum absolute atomic E-state index is 0.0491. The number of anilines is 1. The summed E-state index contributed by atoms with van der Waals surface area (Å²) in [5, 5.41) is 9.92. The van der Waals surface area contributed by atoms with Crippen molar-refractivity contribution in [3.63, 3.8) is 0 Å². The number of unbranched alkanes of at least 4 members (excludes halogenated alkanes) is 1. The molecule has 0 saturated heterocycles. The van der Waals surface area contributed by atoms with Crippen LogP contribution in [0.3, 0.4) is 0 Å². The van der Waals surface area contributed by atoms with Gasteiger partial charge in [0.2, 0.25) is 0 Å². The van der Waals surface area contributed by atoms with Crippen molar-refractivity contribution in [2.75, 3.05) is 44.8 Å². The van der Waals surface area contributed by atoms with E-state index in [9.17, 15) is 0 Å². The number of nitrogens with zero attached hydrogens (tertiary/aromatic N) is 3. The maximum absolute atomic E-state index is 4.91. The fraction of sp³-hybridized carbons (Fsp3) is 0.576. The minimum Gasteiger partial charge on any atom is -0.388 e. The van der Waals surface area contributed by atoms with E-state index in [1.54, 1.807) is 12.3 Å². The monoisotopic (exact) mass is 572 g/mol. The van der Waals surface area contributed by atoms with Crippen LogP contribution >= 0.6 is 12.6 Å². The summed E-state index contributed by atoms with van der Waals surface area (Å²) in [4.78, 5) is 12.2. The first-order chi connectivity index (χ1) is 19.2. The van der Waals surface area contributed by atoms with E-state index < -0.39 is 0 Å². The average Bonchev–Trinajstić information content (AvgIpc) is 2.97. The summed E-state index contributed by atoms with van der Waals surface area (Å²) in [6.07, 6.45) is 10.6. The summed E-state index contributed by atoms with van der Waals surface area (Å²) in [7, 11) is 1.94. The highest BCUT2D eigenvalue weighted by Gasteiger charge is 2.13. The Kier molecular flexibility index (Phi) is 25.2. The molecular weight excluding hydrogens is 512 g/mol. The van der Waals surface area contributed by atoms with Gasteiger partial charge in [-0.1, -0.05) is 58.2 Å². The predicted molar refractivity (Wildman–Crippen MR) is 185 cm³/mol. The van der Waals surface area contributed by atoms with E-state index in [-0.39, 0.29) is 6.04 Å². The van der Waals surface area contributed by atoms with Crippen LogP contribution in [0.5, 0.6) is 0 Å². The van der Waals surface area contributed by atoms with Gasteiger partial charge in [0.25, 0.3) is 0 Å². The molecule has 0 fully saturated rings. The van der Waals surface area contributed by atoms with Gasteiger partial charge in [-0.15, -0.1) is 0 Å². The molecule has 3 N–H and O–H groups in total. The number of amidine groups is 1. The molecule has 0 spiro atoms. The Hall–Kier alpha value is -2.51. The molecule has 6 nitrogen and oxygen atoms in total. The smallest absolute Gasteiger partial charge is 0.129 e. The average molecular weight is 573 g/mol. The number of aromatic nitrogens is 1. The summed E-state index contributed by atoms with van der Waals surface area (Å²) in [5.41, 5.74) is 5.55. The molecule has 40 heavy (non-hydrogen) atoms. The van der Waals surface area contributed by atoms with Gasteiger partial charge in [0.1, 0.15) is 11.7 Å². The zero-order valence-electron chi connectivity index (χ0n) is 27.2. The van der Waals surface area contributed by atoms with Crippen LogP contribution in [0.2, 0.25) is 0 Å². The lowest BCUT2D eigenvalue weighted by atomic mass is 10.1. The molecule has 0 aliphatic heterocycles. The molecule has 7 heteroatoms. The molecule has 1 aromatic rings. The Morgan fingerprint density at radius 3 is 2.30 bits per heavy atom. The van der Waals surface area contributed by atoms with Crippen LogP contribution in [0.1, 0.15) is 79.0 Å². The molecule has 1 heterocycles. The van der Waals surface area contributed by atoms with E-state index in [1.165, 1.54) is 5.56 Å². The third-order valence-electron chi connectivity index (χ3n) is 6.20. The Bertz CT molecular complexity index is 906. The van der Waals surface area contributed by atoms with Crippen molar-refractivity contribution in [3.05, 3.63) is 72.2 Å². The van der Waals surface area contributed by atoms with Crippen LogP contribution in [-0.4, -0.2) is 61.2 Å². The van der Waals surface area contributed by atoms with Crippen LogP contribution in [0.25, 0.3) is 0 Å². The lowest BCUT2D eigenvalue weighted by Crippen LogP contribution is -2.34. The first-order valence-electron chi connectivity index (χ1n) is 14.7. The lowest BCUT2D eigenvalue weighted by Gasteiger charge is -2.25. The molecule has 0 saturated carbocycles. The fourth-order valence-electron chi connectivity index (χ4n) is 3.88. The SMILES string of the molecule is C=CC(=NC(CCN(CCCCc1ccc(CC)c(NC)n1)CCNC(=C)C)C(=C)C)N/C(C)=C\C.CC.CS.